The minimum Gasteiger partial charge on any atom is -0.369 e. The highest BCUT2D eigenvalue weighted by atomic mass is 32.2. The Bertz CT molecular complexity index is 537. The first-order valence-electron chi connectivity index (χ1n) is 5.89. The van der Waals surface area contributed by atoms with Gasteiger partial charge in [0.15, 0.2) is 0 Å². The van der Waals surface area contributed by atoms with Crippen LogP contribution in [0.15, 0.2) is 6.07 Å². The summed E-state index contributed by atoms with van der Waals surface area (Å²) in [5.41, 5.74) is 2.26. The van der Waals surface area contributed by atoms with Crippen molar-refractivity contribution in [3.63, 3.8) is 0 Å². The lowest BCUT2D eigenvalue weighted by atomic mass is 9.96. The van der Waals surface area contributed by atoms with Gasteiger partial charge in [-0.25, -0.2) is 24.2 Å². The van der Waals surface area contributed by atoms with Crippen LogP contribution in [0.25, 0.3) is 0 Å². The highest BCUT2D eigenvalue weighted by Gasteiger charge is 2.19. The second-order valence-corrected chi connectivity index (χ2v) is 7.67. The zero-order valence-electron chi connectivity index (χ0n) is 11.7. The number of nitrogens with two attached hydrogens (primary N) is 1. The van der Waals surface area contributed by atoms with Gasteiger partial charge in [0.2, 0.25) is 0 Å². The maximum absolute atomic E-state index is 11.1. The quantitative estimate of drug-likeness (QED) is 0.535. The molecule has 1 aromatic rings. The Hall–Kier alpha value is -1.41. The van der Waals surface area contributed by atoms with Crippen LogP contribution in [0, 0.1) is 0 Å². The molecule has 0 atom stereocenters. The molecule has 1 aromatic heterocycles. The van der Waals surface area contributed by atoms with Gasteiger partial charge >= 0.3 is 0 Å². The predicted octanol–water partition coefficient (Wildman–Crippen LogP) is 0.516. The number of aromatic nitrogens is 2. The summed E-state index contributed by atoms with van der Waals surface area (Å²) in [6.45, 7) is 6.26. The molecule has 0 bridgehead atoms. The van der Waals surface area contributed by atoms with Crippen molar-refractivity contribution in [1.82, 2.24) is 9.97 Å². The number of hydrogen-bond donors (Lipinski definition) is 3. The summed E-state index contributed by atoms with van der Waals surface area (Å²) in [5, 5.41) is 2.96. The molecule has 0 aliphatic heterocycles. The van der Waals surface area contributed by atoms with E-state index in [4.69, 9.17) is 5.84 Å². The smallest absolute Gasteiger partial charge is 0.149 e. The van der Waals surface area contributed by atoms with Gasteiger partial charge in [0.1, 0.15) is 27.3 Å². The van der Waals surface area contributed by atoms with Crippen LogP contribution in [0.1, 0.15) is 26.6 Å². The van der Waals surface area contributed by atoms with Crippen LogP contribution in [0.3, 0.4) is 0 Å². The maximum Gasteiger partial charge on any atom is 0.149 e. The van der Waals surface area contributed by atoms with E-state index in [1.807, 2.05) is 20.8 Å². The molecule has 0 radical (unpaired) electrons. The van der Waals surface area contributed by atoms with Gasteiger partial charge in [-0.15, -0.1) is 0 Å². The first kappa shape index (κ1) is 15.6. The number of nitrogen functional groups attached to an aromatic ring is 1. The standard InChI is InChI=1S/C11H21N5O2S/c1-11(2,3)10-14-8(7-9(15-10)16-12)13-5-6-19(4,17)18/h7H,5-6,12H2,1-4H3,(H2,13,14,15,16). The SMILES string of the molecule is CC(C)(C)c1nc(NN)cc(NCCS(C)(=O)=O)n1. The maximum atomic E-state index is 11.1. The monoisotopic (exact) mass is 287 g/mol. The van der Waals surface area contributed by atoms with Gasteiger partial charge < -0.3 is 10.7 Å². The summed E-state index contributed by atoms with van der Waals surface area (Å²) in [5.74, 6) is 7.08. The van der Waals surface area contributed by atoms with Crippen LogP contribution in [0.2, 0.25) is 0 Å². The fourth-order valence-corrected chi connectivity index (χ4v) is 1.78. The van der Waals surface area contributed by atoms with Crippen LogP contribution in [-0.4, -0.2) is 36.9 Å². The number of sulfone groups is 1. The third kappa shape index (κ3) is 5.39. The van der Waals surface area contributed by atoms with Crippen LogP contribution in [-0.2, 0) is 15.3 Å². The first-order chi connectivity index (χ1) is 8.62. The molecule has 0 amide bonds. The molecular weight excluding hydrogens is 266 g/mol. The third-order valence-electron chi connectivity index (χ3n) is 2.32. The minimum absolute atomic E-state index is 0.0489. The average Bonchev–Trinajstić information content (AvgIpc) is 2.25. The molecule has 108 valence electrons. The van der Waals surface area contributed by atoms with Gasteiger partial charge in [-0.3, -0.25) is 0 Å². The van der Waals surface area contributed by atoms with E-state index >= 15 is 0 Å². The Morgan fingerprint density at radius 2 is 1.84 bits per heavy atom. The van der Waals surface area contributed by atoms with Gasteiger partial charge in [-0.2, -0.15) is 0 Å². The average molecular weight is 287 g/mol. The fourth-order valence-electron chi connectivity index (χ4n) is 1.31. The van der Waals surface area contributed by atoms with Crippen molar-refractivity contribution < 1.29 is 8.42 Å². The molecule has 0 unspecified atom stereocenters. The highest BCUT2D eigenvalue weighted by Crippen LogP contribution is 2.21. The minimum atomic E-state index is -2.99. The highest BCUT2D eigenvalue weighted by molar-refractivity contribution is 7.90. The largest absolute Gasteiger partial charge is 0.369 e. The summed E-state index contributed by atoms with van der Waals surface area (Å²) in [6.07, 6.45) is 1.20. The van der Waals surface area contributed by atoms with E-state index in [2.05, 4.69) is 20.7 Å². The summed E-state index contributed by atoms with van der Waals surface area (Å²) in [4.78, 5) is 8.63. The Morgan fingerprint density at radius 3 is 2.32 bits per heavy atom. The first-order valence-corrected chi connectivity index (χ1v) is 7.95. The van der Waals surface area contributed by atoms with E-state index in [1.54, 1.807) is 6.07 Å². The van der Waals surface area contributed by atoms with E-state index in [1.165, 1.54) is 6.26 Å². The Morgan fingerprint density at radius 1 is 1.26 bits per heavy atom. The lowest BCUT2D eigenvalue weighted by Crippen LogP contribution is -2.21. The summed E-state index contributed by atoms with van der Waals surface area (Å²) in [6, 6.07) is 1.64. The lowest BCUT2D eigenvalue weighted by molar-refractivity contribution is 0.546. The topological polar surface area (TPSA) is 110 Å². The summed E-state index contributed by atoms with van der Waals surface area (Å²) >= 11 is 0. The molecule has 19 heavy (non-hydrogen) atoms. The lowest BCUT2D eigenvalue weighted by Gasteiger charge is -2.18. The van der Waals surface area contributed by atoms with Crippen molar-refractivity contribution in [2.24, 2.45) is 5.84 Å². The zero-order chi connectivity index (χ0) is 14.7. The molecule has 0 aromatic carbocycles. The molecule has 0 saturated carbocycles. The van der Waals surface area contributed by atoms with E-state index < -0.39 is 9.84 Å². The van der Waals surface area contributed by atoms with Crippen molar-refractivity contribution in [3.8, 4) is 0 Å². The molecule has 0 aliphatic rings. The number of rotatable bonds is 5. The number of nitrogens with zero attached hydrogens (tertiary/aromatic N) is 2. The van der Waals surface area contributed by atoms with E-state index in [9.17, 15) is 8.42 Å². The summed E-state index contributed by atoms with van der Waals surface area (Å²) in [7, 11) is -2.99. The van der Waals surface area contributed by atoms with Gasteiger partial charge in [0, 0.05) is 24.3 Å². The number of hydrazine groups is 1. The molecule has 1 heterocycles. The van der Waals surface area contributed by atoms with Crippen molar-refractivity contribution in [2.45, 2.75) is 26.2 Å². The van der Waals surface area contributed by atoms with Crippen LogP contribution in [0.5, 0.6) is 0 Å². The molecule has 0 fully saturated rings. The van der Waals surface area contributed by atoms with Crippen molar-refractivity contribution >= 4 is 21.5 Å². The van der Waals surface area contributed by atoms with Crippen LogP contribution < -0.4 is 16.6 Å². The molecule has 7 nitrogen and oxygen atoms in total. The number of anilines is 2. The van der Waals surface area contributed by atoms with E-state index in [0.717, 1.165) is 0 Å². The van der Waals surface area contributed by atoms with E-state index in [-0.39, 0.29) is 11.2 Å². The zero-order valence-corrected chi connectivity index (χ0v) is 12.5. The summed E-state index contributed by atoms with van der Waals surface area (Å²) < 4.78 is 22.1. The second kappa shape index (κ2) is 5.70. The molecule has 0 saturated heterocycles. The number of hydrogen-bond acceptors (Lipinski definition) is 7. The fraction of sp³-hybridized carbons (Fsp3) is 0.636. The Kier molecular flexibility index (Phi) is 4.70. The van der Waals surface area contributed by atoms with Gasteiger partial charge in [0.05, 0.1) is 5.75 Å². The van der Waals surface area contributed by atoms with Crippen molar-refractivity contribution in [1.29, 1.82) is 0 Å². The van der Waals surface area contributed by atoms with Crippen molar-refractivity contribution in [3.05, 3.63) is 11.9 Å². The number of nitrogens with one attached hydrogen (secondary N) is 2. The van der Waals surface area contributed by atoms with Crippen LogP contribution >= 0.6 is 0 Å². The Labute approximate surface area is 113 Å². The molecule has 0 spiro atoms. The third-order valence-corrected chi connectivity index (χ3v) is 3.27. The molecule has 8 heteroatoms. The van der Waals surface area contributed by atoms with Gasteiger partial charge in [-0.1, -0.05) is 20.8 Å². The Balaban J connectivity index is 2.89. The predicted molar refractivity (Wildman–Crippen MR) is 76.7 cm³/mol. The molecule has 1 rings (SSSR count). The molecule has 0 aliphatic carbocycles. The van der Waals surface area contributed by atoms with E-state index in [0.29, 0.717) is 24.0 Å². The second-order valence-electron chi connectivity index (χ2n) is 5.41. The molecule has 4 N–H and O–H groups in total. The van der Waals surface area contributed by atoms with Crippen molar-refractivity contribution in [2.75, 3.05) is 29.3 Å². The van der Waals surface area contributed by atoms with Gasteiger partial charge in [0.25, 0.3) is 0 Å². The molecular formula is C11H21N5O2S. The normalized spacial score (nSPS) is 12.3. The van der Waals surface area contributed by atoms with Gasteiger partial charge in [-0.05, 0) is 0 Å². The van der Waals surface area contributed by atoms with Crippen LogP contribution in [0.4, 0.5) is 11.6 Å².